The van der Waals surface area contributed by atoms with Crippen molar-refractivity contribution in [3.8, 4) is 28.5 Å². The third-order valence-electron chi connectivity index (χ3n) is 5.90. The van der Waals surface area contributed by atoms with Crippen LogP contribution in [-0.4, -0.2) is 58.9 Å². The SMILES string of the molecule is COc1cc(-c2cc(C(=O)OCC(=O)Nc3ccc(N(C)C)cc3)c3ccccc3n2)cc(OC)c1OC. The minimum Gasteiger partial charge on any atom is -0.493 e. The van der Waals surface area contributed by atoms with E-state index in [1.54, 1.807) is 42.5 Å². The van der Waals surface area contributed by atoms with Gasteiger partial charge in [-0.25, -0.2) is 9.78 Å². The number of benzene rings is 3. The van der Waals surface area contributed by atoms with Gasteiger partial charge in [0.1, 0.15) is 0 Å². The van der Waals surface area contributed by atoms with Crippen molar-refractivity contribution in [2.45, 2.75) is 0 Å². The van der Waals surface area contributed by atoms with Crippen LogP contribution in [0.4, 0.5) is 11.4 Å². The van der Waals surface area contributed by atoms with Gasteiger partial charge in [0, 0.05) is 36.4 Å². The number of rotatable bonds is 9. The predicted molar refractivity (Wildman–Crippen MR) is 147 cm³/mol. The zero-order chi connectivity index (χ0) is 27.2. The Morgan fingerprint density at radius 1 is 0.868 bits per heavy atom. The lowest BCUT2D eigenvalue weighted by atomic mass is 10.0. The Morgan fingerprint density at radius 3 is 2.13 bits per heavy atom. The van der Waals surface area contributed by atoms with Crippen LogP contribution in [0.5, 0.6) is 17.2 Å². The number of aromatic nitrogens is 1. The first kappa shape index (κ1) is 26.3. The molecule has 1 amide bonds. The summed E-state index contributed by atoms with van der Waals surface area (Å²) in [5.41, 5.74) is 3.63. The molecule has 0 bridgehead atoms. The second-order valence-electron chi connectivity index (χ2n) is 8.55. The molecule has 0 radical (unpaired) electrons. The van der Waals surface area contributed by atoms with Crippen LogP contribution < -0.4 is 24.4 Å². The number of hydrogen-bond donors (Lipinski definition) is 1. The quantitative estimate of drug-likeness (QED) is 0.318. The van der Waals surface area contributed by atoms with E-state index in [1.807, 2.05) is 43.3 Å². The molecule has 4 aromatic rings. The first-order valence-electron chi connectivity index (χ1n) is 11.8. The fraction of sp³-hybridized carbons (Fsp3) is 0.207. The van der Waals surface area contributed by atoms with Gasteiger partial charge in [0.05, 0.1) is 38.1 Å². The summed E-state index contributed by atoms with van der Waals surface area (Å²) in [6, 6.07) is 19.7. The van der Waals surface area contributed by atoms with Gasteiger partial charge in [0.25, 0.3) is 5.91 Å². The topological polar surface area (TPSA) is 99.2 Å². The van der Waals surface area contributed by atoms with Gasteiger partial charge in [-0.15, -0.1) is 0 Å². The number of ether oxygens (including phenoxy) is 4. The Balaban J connectivity index is 1.59. The maximum atomic E-state index is 13.2. The van der Waals surface area contributed by atoms with Gasteiger partial charge >= 0.3 is 5.97 Å². The Hall–Kier alpha value is -4.79. The van der Waals surface area contributed by atoms with Crippen molar-refractivity contribution in [1.82, 2.24) is 4.98 Å². The van der Waals surface area contributed by atoms with E-state index in [1.165, 1.54) is 21.3 Å². The molecule has 3 aromatic carbocycles. The Labute approximate surface area is 220 Å². The van der Waals surface area contributed by atoms with E-state index in [2.05, 4.69) is 5.32 Å². The largest absolute Gasteiger partial charge is 0.493 e. The van der Waals surface area contributed by atoms with Crippen molar-refractivity contribution < 1.29 is 28.5 Å². The van der Waals surface area contributed by atoms with Gasteiger partial charge in [0.15, 0.2) is 18.1 Å². The average molecular weight is 516 g/mol. The number of carbonyl (C=O) groups is 2. The van der Waals surface area contributed by atoms with E-state index in [4.69, 9.17) is 23.9 Å². The van der Waals surface area contributed by atoms with Crippen LogP contribution in [0.3, 0.4) is 0 Å². The number of nitrogens with zero attached hydrogens (tertiary/aromatic N) is 2. The van der Waals surface area contributed by atoms with E-state index in [0.717, 1.165) is 5.69 Å². The molecule has 9 heteroatoms. The molecular weight excluding hydrogens is 486 g/mol. The minimum atomic E-state index is -0.643. The summed E-state index contributed by atoms with van der Waals surface area (Å²) in [6.07, 6.45) is 0. The van der Waals surface area contributed by atoms with Gasteiger partial charge in [-0.2, -0.15) is 0 Å². The van der Waals surface area contributed by atoms with Gasteiger partial charge in [-0.3, -0.25) is 4.79 Å². The fourth-order valence-electron chi connectivity index (χ4n) is 3.97. The highest BCUT2D eigenvalue weighted by Gasteiger charge is 2.19. The molecular formula is C29H29N3O6. The molecule has 1 aromatic heterocycles. The Morgan fingerprint density at radius 2 is 1.53 bits per heavy atom. The molecule has 0 saturated carbocycles. The minimum absolute atomic E-state index is 0.280. The summed E-state index contributed by atoms with van der Waals surface area (Å²) in [7, 11) is 8.45. The lowest BCUT2D eigenvalue weighted by molar-refractivity contribution is -0.119. The molecule has 38 heavy (non-hydrogen) atoms. The van der Waals surface area contributed by atoms with Crippen LogP contribution in [0.15, 0.2) is 66.7 Å². The second kappa shape index (κ2) is 11.5. The standard InChI is InChI=1S/C29H29N3O6/c1-32(2)20-12-10-19(11-13-20)30-27(33)17-38-29(34)22-16-24(31-23-9-7-6-8-21(22)23)18-14-25(35-3)28(37-5)26(15-18)36-4/h6-16H,17H2,1-5H3,(H,30,33). The molecule has 0 unspecified atom stereocenters. The summed E-state index contributed by atoms with van der Waals surface area (Å²) >= 11 is 0. The fourth-order valence-corrected chi connectivity index (χ4v) is 3.97. The number of hydrogen-bond acceptors (Lipinski definition) is 8. The summed E-state index contributed by atoms with van der Waals surface area (Å²) < 4.78 is 21.7. The molecule has 0 spiro atoms. The van der Waals surface area contributed by atoms with Crippen LogP contribution in [0.2, 0.25) is 0 Å². The summed E-state index contributed by atoms with van der Waals surface area (Å²) in [4.78, 5) is 32.3. The third-order valence-corrected chi connectivity index (χ3v) is 5.90. The van der Waals surface area contributed by atoms with Gasteiger partial charge in [-0.05, 0) is 48.5 Å². The van der Waals surface area contributed by atoms with Crippen molar-refractivity contribution in [3.63, 3.8) is 0 Å². The monoisotopic (exact) mass is 515 g/mol. The van der Waals surface area contributed by atoms with E-state index in [0.29, 0.717) is 45.1 Å². The smallest absolute Gasteiger partial charge is 0.339 e. The van der Waals surface area contributed by atoms with Gasteiger partial charge < -0.3 is 29.2 Å². The highest BCUT2D eigenvalue weighted by molar-refractivity contribution is 6.05. The highest BCUT2D eigenvalue weighted by atomic mass is 16.5. The zero-order valence-corrected chi connectivity index (χ0v) is 21.9. The van der Waals surface area contributed by atoms with Crippen LogP contribution >= 0.6 is 0 Å². The molecule has 1 heterocycles. The number of esters is 1. The number of fused-ring (bicyclic) bond motifs is 1. The molecule has 0 aliphatic carbocycles. The van der Waals surface area contributed by atoms with Crippen molar-refractivity contribution in [2.24, 2.45) is 0 Å². The van der Waals surface area contributed by atoms with Crippen molar-refractivity contribution in [1.29, 1.82) is 0 Å². The van der Waals surface area contributed by atoms with Crippen LogP contribution in [0.25, 0.3) is 22.2 Å². The molecule has 0 atom stereocenters. The molecule has 4 rings (SSSR count). The number of pyridine rings is 1. The summed E-state index contributed by atoms with van der Waals surface area (Å²) in [5.74, 6) is 0.267. The van der Waals surface area contributed by atoms with Crippen molar-refractivity contribution in [3.05, 3.63) is 72.3 Å². The van der Waals surface area contributed by atoms with E-state index < -0.39 is 18.5 Å². The Bertz CT molecular complexity index is 1440. The van der Waals surface area contributed by atoms with E-state index in [9.17, 15) is 9.59 Å². The first-order chi connectivity index (χ1) is 18.3. The predicted octanol–water partition coefficient (Wildman–Crippen LogP) is 4.79. The lowest BCUT2D eigenvalue weighted by Crippen LogP contribution is -2.21. The number of amides is 1. The second-order valence-corrected chi connectivity index (χ2v) is 8.55. The van der Waals surface area contributed by atoms with E-state index in [-0.39, 0.29) is 5.56 Å². The molecule has 0 aliphatic rings. The number of carbonyl (C=O) groups excluding carboxylic acids is 2. The van der Waals surface area contributed by atoms with Crippen molar-refractivity contribution in [2.75, 3.05) is 52.2 Å². The van der Waals surface area contributed by atoms with Crippen LogP contribution in [0.1, 0.15) is 10.4 Å². The molecule has 9 nitrogen and oxygen atoms in total. The van der Waals surface area contributed by atoms with Gasteiger partial charge in [0.2, 0.25) is 5.75 Å². The van der Waals surface area contributed by atoms with Crippen LogP contribution in [-0.2, 0) is 9.53 Å². The Kier molecular flexibility index (Phi) is 7.96. The molecule has 1 N–H and O–H groups in total. The number of anilines is 2. The molecule has 0 aliphatic heterocycles. The normalized spacial score (nSPS) is 10.6. The zero-order valence-electron chi connectivity index (χ0n) is 21.9. The van der Waals surface area contributed by atoms with Crippen LogP contribution in [0, 0.1) is 0 Å². The van der Waals surface area contributed by atoms with Crippen molar-refractivity contribution >= 4 is 34.2 Å². The number of para-hydroxylation sites is 1. The third kappa shape index (κ3) is 5.62. The molecule has 0 saturated heterocycles. The number of nitrogens with one attached hydrogen (secondary N) is 1. The van der Waals surface area contributed by atoms with Gasteiger partial charge in [-0.1, -0.05) is 18.2 Å². The summed E-state index contributed by atoms with van der Waals surface area (Å²) in [6.45, 7) is -0.440. The maximum Gasteiger partial charge on any atom is 0.339 e. The highest BCUT2D eigenvalue weighted by Crippen LogP contribution is 2.41. The molecule has 0 fully saturated rings. The lowest BCUT2D eigenvalue weighted by Gasteiger charge is -2.15. The number of methoxy groups -OCH3 is 3. The summed E-state index contributed by atoms with van der Waals surface area (Å²) in [5, 5.41) is 3.34. The first-order valence-corrected chi connectivity index (χ1v) is 11.8. The average Bonchev–Trinajstić information content (AvgIpc) is 2.94. The molecule has 196 valence electrons. The van der Waals surface area contributed by atoms with E-state index >= 15 is 0 Å². The maximum absolute atomic E-state index is 13.2.